The van der Waals surface area contributed by atoms with Gasteiger partial charge in [-0.2, -0.15) is 0 Å². The van der Waals surface area contributed by atoms with Gasteiger partial charge in [0.2, 0.25) is 0 Å². The molecule has 1 N–H and O–H groups in total. The quantitative estimate of drug-likeness (QED) is 0.717. The van der Waals surface area contributed by atoms with Crippen LogP contribution in [0.25, 0.3) is 0 Å². The van der Waals surface area contributed by atoms with Crippen molar-refractivity contribution in [3.05, 3.63) is 0 Å². The number of hydrogen-bond acceptors (Lipinski definition) is 2. The number of methoxy groups -OCH3 is 1. The fraction of sp³-hybridized carbons (Fsp3) is 0.900. The summed E-state index contributed by atoms with van der Waals surface area (Å²) in [4.78, 5) is 10.9. The Morgan fingerprint density at radius 3 is 2.54 bits per heavy atom. The maximum absolute atomic E-state index is 10.9. The van der Waals surface area contributed by atoms with Crippen molar-refractivity contribution in [3.63, 3.8) is 0 Å². The number of carbonyl (C=O) groups is 1. The van der Waals surface area contributed by atoms with Gasteiger partial charge in [0, 0.05) is 6.54 Å². The molecule has 0 aromatic rings. The van der Waals surface area contributed by atoms with E-state index in [9.17, 15) is 4.79 Å². The lowest BCUT2D eigenvalue weighted by molar-refractivity contribution is 0.154. The molecule has 3 heteroatoms. The van der Waals surface area contributed by atoms with Crippen LogP contribution < -0.4 is 5.32 Å². The van der Waals surface area contributed by atoms with E-state index in [2.05, 4.69) is 17.0 Å². The monoisotopic (exact) mass is 185 g/mol. The molecule has 0 saturated heterocycles. The third kappa shape index (κ3) is 3.25. The first-order valence-electron chi connectivity index (χ1n) is 4.98. The Kier molecular flexibility index (Phi) is 3.58. The van der Waals surface area contributed by atoms with Crippen LogP contribution in [-0.2, 0) is 4.74 Å². The summed E-state index contributed by atoms with van der Waals surface area (Å²) in [6, 6.07) is 0. The highest BCUT2D eigenvalue weighted by molar-refractivity contribution is 5.66. The van der Waals surface area contributed by atoms with Crippen molar-refractivity contribution >= 4 is 6.09 Å². The van der Waals surface area contributed by atoms with Crippen LogP contribution in [0, 0.1) is 5.41 Å². The van der Waals surface area contributed by atoms with Gasteiger partial charge in [-0.05, 0) is 18.3 Å². The van der Waals surface area contributed by atoms with Gasteiger partial charge < -0.3 is 10.1 Å². The molecule has 0 atom stereocenters. The molecule has 1 aliphatic rings. The van der Waals surface area contributed by atoms with Crippen LogP contribution in [0.2, 0.25) is 0 Å². The molecule has 1 aliphatic carbocycles. The Bertz CT molecular complexity index is 174. The molecule has 1 saturated carbocycles. The summed E-state index contributed by atoms with van der Waals surface area (Å²) in [7, 11) is 1.40. The van der Waals surface area contributed by atoms with Crippen molar-refractivity contribution < 1.29 is 9.53 Å². The Morgan fingerprint density at radius 2 is 2.00 bits per heavy atom. The zero-order valence-corrected chi connectivity index (χ0v) is 8.56. The molecule has 1 amide bonds. The first kappa shape index (κ1) is 10.4. The molecular formula is C10H19NO2. The lowest BCUT2D eigenvalue weighted by Crippen LogP contribution is -2.36. The van der Waals surface area contributed by atoms with E-state index in [1.54, 1.807) is 0 Å². The number of rotatable bonds is 2. The highest BCUT2D eigenvalue weighted by Gasteiger charge is 2.26. The number of amides is 1. The first-order chi connectivity index (χ1) is 6.16. The van der Waals surface area contributed by atoms with Gasteiger partial charge in [-0.1, -0.05) is 26.2 Å². The molecule has 1 rings (SSSR count). The molecule has 3 nitrogen and oxygen atoms in total. The van der Waals surface area contributed by atoms with Crippen LogP contribution in [0.15, 0.2) is 0 Å². The highest BCUT2D eigenvalue weighted by Crippen LogP contribution is 2.34. The van der Waals surface area contributed by atoms with Gasteiger partial charge in [0.05, 0.1) is 7.11 Å². The Balaban J connectivity index is 2.28. The van der Waals surface area contributed by atoms with Crippen molar-refractivity contribution in [3.8, 4) is 0 Å². The molecule has 0 bridgehead atoms. The summed E-state index contributed by atoms with van der Waals surface area (Å²) in [5.41, 5.74) is 0.298. The van der Waals surface area contributed by atoms with Gasteiger partial charge >= 0.3 is 6.09 Å². The first-order valence-corrected chi connectivity index (χ1v) is 4.98. The van der Waals surface area contributed by atoms with Crippen molar-refractivity contribution in [1.29, 1.82) is 0 Å². The summed E-state index contributed by atoms with van der Waals surface area (Å²) in [5.74, 6) is 0. The van der Waals surface area contributed by atoms with E-state index in [4.69, 9.17) is 0 Å². The average Bonchev–Trinajstić information content (AvgIpc) is 2.15. The van der Waals surface area contributed by atoms with E-state index in [1.807, 2.05) is 0 Å². The standard InChI is InChI=1S/C10H19NO2/c1-10(6-4-3-5-7-10)8-11-9(12)13-2/h3-8H2,1-2H3,(H,11,12). The lowest BCUT2D eigenvalue weighted by Gasteiger charge is -2.33. The maximum Gasteiger partial charge on any atom is 0.406 e. The van der Waals surface area contributed by atoms with Gasteiger partial charge in [0.15, 0.2) is 0 Å². The van der Waals surface area contributed by atoms with Crippen LogP contribution in [0.5, 0.6) is 0 Å². The summed E-state index contributed by atoms with van der Waals surface area (Å²) < 4.78 is 4.54. The van der Waals surface area contributed by atoms with Crippen LogP contribution in [0.4, 0.5) is 4.79 Å². The second-order valence-corrected chi connectivity index (χ2v) is 4.22. The Hall–Kier alpha value is -0.730. The highest BCUT2D eigenvalue weighted by atomic mass is 16.5. The molecule has 0 unspecified atom stereocenters. The number of alkyl carbamates (subject to hydrolysis) is 1. The number of nitrogens with one attached hydrogen (secondary N) is 1. The molecular weight excluding hydrogens is 166 g/mol. The molecule has 0 spiro atoms. The van der Waals surface area contributed by atoms with Gasteiger partial charge in [-0.15, -0.1) is 0 Å². The third-order valence-corrected chi connectivity index (χ3v) is 2.91. The van der Waals surface area contributed by atoms with Crippen LogP contribution in [0.1, 0.15) is 39.0 Å². The Labute approximate surface area is 79.8 Å². The van der Waals surface area contributed by atoms with Gasteiger partial charge in [-0.3, -0.25) is 0 Å². The maximum atomic E-state index is 10.9. The zero-order chi connectivity index (χ0) is 9.73. The normalized spacial score (nSPS) is 20.8. The van der Waals surface area contributed by atoms with Crippen molar-refractivity contribution in [2.75, 3.05) is 13.7 Å². The van der Waals surface area contributed by atoms with E-state index < -0.39 is 0 Å². The van der Waals surface area contributed by atoms with Crippen molar-refractivity contribution in [2.24, 2.45) is 5.41 Å². The lowest BCUT2D eigenvalue weighted by atomic mass is 9.76. The molecule has 0 aromatic heterocycles. The molecule has 0 radical (unpaired) electrons. The molecule has 13 heavy (non-hydrogen) atoms. The van der Waals surface area contributed by atoms with E-state index in [0.29, 0.717) is 5.41 Å². The van der Waals surface area contributed by atoms with E-state index >= 15 is 0 Å². The van der Waals surface area contributed by atoms with Crippen molar-refractivity contribution in [2.45, 2.75) is 39.0 Å². The predicted molar refractivity (Wildman–Crippen MR) is 51.6 cm³/mol. The van der Waals surface area contributed by atoms with Gasteiger partial charge in [0.25, 0.3) is 0 Å². The predicted octanol–water partition coefficient (Wildman–Crippen LogP) is 2.31. The van der Waals surface area contributed by atoms with E-state index in [-0.39, 0.29) is 6.09 Å². The molecule has 0 aliphatic heterocycles. The molecule has 76 valence electrons. The fourth-order valence-electron chi connectivity index (χ4n) is 1.94. The van der Waals surface area contributed by atoms with E-state index in [0.717, 1.165) is 6.54 Å². The molecule has 0 heterocycles. The topological polar surface area (TPSA) is 38.3 Å². The SMILES string of the molecule is COC(=O)NCC1(C)CCCCC1. The fourth-order valence-corrected chi connectivity index (χ4v) is 1.94. The minimum Gasteiger partial charge on any atom is -0.453 e. The average molecular weight is 185 g/mol. The number of ether oxygens (including phenoxy) is 1. The van der Waals surface area contributed by atoms with Crippen LogP contribution in [-0.4, -0.2) is 19.7 Å². The van der Waals surface area contributed by atoms with Crippen molar-refractivity contribution in [1.82, 2.24) is 5.32 Å². The number of carbonyl (C=O) groups excluding carboxylic acids is 1. The summed E-state index contributed by atoms with van der Waals surface area (Å²) in [6.45, 7) is 2.99. The second kappa shape index (κ2) is 4.49. The number of hydrogen-bond donors (Lipinski definition) is 1. The van der Waals surface area contributed by atoms with Crippen LogP contribution >= 0.6 is 0 Å². The molecule has 0 aromatic carbocycles. The smallest absolute Gasteiger partial charge is 0.406 e. The largest absolute Gasteiger partial charge is 0.453 e. The van der Waals surface area contributed by atoms with Gasteiger partial charge in [-0.25, -0.2) is 4.79 Å². The van der Waals surface area contributed by atoms with E-state index in [1.165, 1.54) is 39.2 Å². The summed E-state index contributed by atoms with van der Waals surface area (Å²) in [6.07, 6.45) is 6.05. The van der Waals surface area contributed by atoms with Gasteiger partial charge in [0.1, 0.15) is 0 Å². The zero-order valence-electron chi connectivity index (χ0n) is 8.56. The summed E-state index contributed by atoms with van der Waals surface area (Å²) >= 11 is 0. The Morgan fingerprint density at radius 1 is 1.38 bits per heavy atom. The summed E-state index contributed by atoms with van der Waals surface area (Å²) in [5, 5.41) is 2.78. The second-order valence-electron chi connectivity index (χ2n) is 4.22. The van der Waals surface area contributed by atoms with Crippen LogP contribution in [0.3, 0.4) is 0 Å². The minimum absolute atomic E-state index is 0.298. The molecule has 1 fully saturated rings. The third-order valence-electron chi connectivity index (χ3n) is 2.91. The minimum atomic E-state index is -0.313.